The molecule has 10 heteroatoms. The zero-order valence-electron chi connectivity index (χ0n) is 13.9. The highest BCUT2D eigenvalue weighted by molar-refractivity contribution is 6.33. The summed E-state index contributed by atoms with van der Waals surface area (Å²) in [7, 11) is 1.20. The molecule has 0 radical (unpaired) electrons. The van der Waals surface area contributed by atoms with E-state index in [-0.39, 0.29) is 27.5 Å². The number of nitro groups is 1. The van der Waals surface area contributed by atoms with E-state index in [9.17, 15) is 24.5 Å². The van der Waals surface area contributed by atoms with Crippen LogP contribution in [-0.2, 0) is 14.3 Å². The highest BCUT2D eigenvalue weighted by atomic mass is 35.5. The van der Waals surface area contributed by atoms with E-state index in [1.165, 1.54) is 25.3 Å². The predicted molar refractivity (Wildman–Crippen MR) is 94.8 cm³/mol. The lowest BCUT2D eigenvalue weighted by Gasteiger charge is -2.10. The molecule has 1 amide bonds. The lowest BCUT2D eigenvalue weighted by molar-refractivity contribution is -0.384. The lowest BCUT2D eigenvalue weighted by atomic mass is 10.2. The molecule has 0 fully saturated rings. The third-order valence-corrected chi connectivity index (χ3v) is 3.65. The second-order valence-corrected chi connectivity index (χ2v) is 5.49. The number of nitrogens with zero attached hydrogens (tertiary/aromatic N) is 1. The Morgan fingerprint density at radius 3 is 2.48 bits per heavy atom. The van der Waals surface area contributed by atoms with Crippen molar-refractivity contribution in [2.75, 3.05) is 19.0 Å². The van der Waals surface area contributed by atoms with E-state index in [4.69, 9.17) is 16.3 Å². The quantitative estimate of drug-likeness (QED) is 0.455. The normalized spacial score (nSPS) is 10.0. The van der Waals surface area contributed by atoms with Crippen LogP contribution in [0.15, 0.2) is 42.5 Å². The summed E-state index contributed by atoms with van der Waals surface area (Å²) in [5.74, 6) is -2.37. The van der Waals surface area contributed by atoms with E-state index in [0.29, 0.717) is 0 Å². The maximum Gasteiger partial charge on any atom is 0.340 e. The van der Waals surface area contributed by atoms with Crippen LogP contribution in [0.3, 0.4) is 0 Å². The number of ether oxygens (including phenoxy) is 2. The van der Waals surface area contributed by atoms with Gasteiger partial charge in [0.1, 0.15) is 0 Å². The van der Waals surface area contributed by atoms with Gasteiger partial charge in [0.15, 0.2) is 6.61 Å². The number of halogens is 1. The Bertz CT molecular complexity index is 914. The standard InChI is InChI=1S/C17H13ClN2O7/c1-26-16(22)11-4-2-3-5-14(11)19-15(21)9-27-17(23)12-8-10(20(24)25)6-7-13(12)18/h2-8H,9H2,1H3,(H,19,21). The molecule has 2 aromatic carbocycles. The Balaban J connectivity index is 2.04. The maximum absolute atomic E-state index is 12.0. The first-order valence-corrected chi connectivity index (χ1v) is 7.79. The van der Waals surface area contributed by atoms with E-state index in [1.54, 1.807) is 12.1 Å². The van der Waals surface area contributed by atoms with E-state index in [1.807, 2.05) is 0 Å². The molecule has 2 aromatic rings. The Hall–Kier alpha value is -3.46. The number of carbonyl (C=O) groups is 3. The molecule has 0 saturated carbocycles. The molecule has 0 aliphatic carbocycles. The van der Waals surface area contributed by atoms with E-state index in [0.717, 1.165) is 12.1 Å². The number of benzene rings is 2. The molecule has 1 N–H and O–H groups in total. The molecule has 0 aliphatic heterocycles. The van der Waals surface area contributed by atoms with Gasteiger partial charge in [-0.3, -0.25) is 14.9 Å². The number of nitro benzene ring substituents is 1. The fourth-order valence-electron chi connectivity index (χ4n) is 2.06. The second kappa shape index (κ2) is 8.77. The van der Waals surface area contributed by atoms with Crippen molar-refractivity contribution in [2.45, 2.75) is 0 Å². The van der Waals surface area contributed by atoms with Crippen molar-refractivity contribution in [3.63, 3.8) is 0 Å². The molecule has 0 aliphatic rings. The van der Waals surface area contributed by atoms with Gasteiger partial charge in [-0.2, -0.15) is 0 Å². The summed E-state index contributed by atoms with van der Waals surface area (Å²) in [6.45, 7) is -0.687. The molecule has 0 heterocycles. The number of methoxy groups -OCH3 is 1. The molecule has 0 spiro atoms. The summed E-state index contributed by atoms with van der Waals surface area (Å²) in [5, 5.41) is 13.1. The van der Waals surface area contributed by atoms with Crippen LogP contribution in [-0.4, -0.2) is 36.5 Å². The van der Waals surface area contributed by atoms with Crippen molar-refractivity contribution >= 4 is 40.8 Å². The second-order valence-electron chi connectivity index (χ2n) is 5.08. The van der Waals surface area contributed by atoms with Gasteiger partial charge in [0, 0.05) is 12.1 Å². The Morgan fingerprint density at radius 1 is 1.11 bits per heavy atom. The molecule has 0 bridgehead atoms. The van der Waals surface area contributed by atoms with Crippen molar-refractivity contribution in [1.29, 1.82) is 0 Å². The van der Waals surface area contributed by atoms with E-state index >= 15 is 0 Å². The molecule has 27 heavy (non-hydrogen) atoms. The van der Waals surface area contributed by atoms with Gasteiger partial charge in [0.2, 0.25) is 0 Å². The number of para-hydroxylation sites is 1. The number of hydrogen-bond donors (Lipinski definition) is 1. The minimum absolute atomic E-state index is 0.0537. The highest BCUT2D eigenvalue weighted by Crippen LogP contribution is 2.23. The molecule has 9 nitrogen and oxygen atoms in total. The predicted octanol–water partition coefficient (Wildman–Crippen LogP) is 2.83. The van der Waals surface area contributed by atoms with Gasteiger partial charge >= 0.3 is 11.9 Å². The van der Waals surface area contributed by atoms with Crippen LogP contribution < -0.4 is 5.32 Å². The minimum Gasteiger partial charge on any atom is -0.465 e. The first-order chi connectivity index (χ1) is 12.8. The molecular formula is C17H13ClN2O7. The SMILES string of the molecule is COC(=O)c1ccccc1NC(=O)COC(=O)c1cc([N+](=O)[O-])ccc1Cl. The van der Waals surface area contributed by atoms with Crippen molar-refractivity contribution in [2.24, 2.45) is 0 Å². The van der Waals surface area contributed by atoms with Crippen LogP contribution in [0.2, 0.25) is 5.02 Å². The summed E-state index contributed by atoms with van der Waals surface area (Å²) in [6.07, 6.45) is 0. The zero-order chi connectivity index (χ0) is 20.0. The average molecular weight is 393 g/mol. The van der Waals surface area contributed by atoms with Crippen molar-refractivity contribution in [3.05, 3.63) is 68.7 Å². The zero-order valence-corrected chi connectivity index (χ0v) is 14.7. The van der Waals surface area contributed by atoms with Crippen LogP contribution in [0.25, 0.3) is 0 Å². The lowest BCUT2D eigenvalue weighted by Crippen LogP contribution is -2.22. The summed E-state index contributed by atoms with van der Waals surface area (Å²) in [5.41, 5.74) is -0.281. The van der Waals surface area contributed by atoms with Crippen LogP contribution in [0.4, 0.5) is 11.4 Å². The first kappa shape index (κ1) is 19.9. The van der Waals surface area contributed by atoms with Crippen LogP contribution in [0, 0.1) is 10.1 Å². The number of rotatable bonds is 6. The van der Waals surface area contributed by atoms with Gasteiger partial charge < -0.3 is 14.8 Å². The average Bonchev–Trinajstić information content (AvgIpc) is 2.66. The molecule has 0 unspecified atom stereocenters. The number of hydrogen-bond acceptors (Lipinski definition) is 7. The molecular weight excluding hydrogens is 380 g/mol. The van der Waals surface area contributed by atoms with Gasteiger partial charge in [-0.1, -0.05) is 23.7 Å². The third kappa shape index (κ3) is 5.02. The van der Waals surface area contributed by atoms with Crippen LogP contribution in [0.1, 0.15) is 20.7 Å². The first-order valence-electron chi connectivity index (χ1n) is 7.41. The topological polar surface area (TPSA) is 125 Å². The van der Waals surface area contributed by atoms with Gasteiger partial charge in [-0.25, -0.2) is 9.59 Å². The van der Waals surface area contributed by atoms with Crippen molar-refractivity contribution < 1.29 is 28.8 Å². The molecule has 0 aromatic heterocycles. The number of carbonyl (C=O) groups excluding carboxylic acids is 3. The number of anilines is 1. The fraction of sp³-hybridized carbons (Fsp3) is 0.118. The van der Waals surface area contributed by atoms with Gasteiger partial charge in [-0.05, 0) is 18.2 Å². The summed E-state index contributed by atoms with van der Waals surface area (Å²) in [4.78, 5) is 45.8. The number of non-ortho nitro benzene ring substituents is 1. The smallest absolute Gasteiger partial charge is 0.340 e. The fourth-order valence-corrected chi connectivity index (χ4v) is 2.25. The van der Waals surface area contributed by atoms with Gasteiger partial charge in [0.25, 0.3) is 11.6 Å². The van der Waals surface area contributed by atoms with E-state index in [2.05, 4.69) is 10.1 Å². The van der Waals surface area contributed by atoms with E-state index < -0.39 is 29.4 Å². The van der Waals surface area contributed by atoms with Gasteiger partial charge in [-0.15, -0.1) is 0 Å². The summed E-state index contributed by atoms with van der Waals surface area (Å²) >= 11 is 5.84. The number of nitrogens with one attached hydrogen (secondary N) is 1. The van der Waals surface area contributed by atoms with Crippen LogP contribution >= 0.6 is 11.6 Å². The molecule has 0 atom stereocenters. The number of esters is 2. The van der Waals surface area contributed by atoms with Crippen LogP contribution in [0.5, 0.6) is 0 Å². The Kier molecular flexibility index (Phi) is 6.45. The molecule has 0 saturated heterocycles. The number of amides is 1. The van der Waals surface area contributed by atoms with Crippen molar-refractivity contribution in [1.82, 2.24) is 0 Å². The summed E-state index contributed by atoms with van der Waals surface area (Å²) in [6, 6.07) is 9.39. The minimum atomic E-state index is -1.000. The molecule has 2 rings (SSSR count). The highest BCUT2D eigenvalue weighted by Gasteiger charge is 2.19. The largest absolute Gasteiger partial charge is 0.465 e. The summed E-state index contributed by atoms with van der Waals surface area (Å²) < 4.78 is 9.44. The Morgan fingerprint density at radius 2 is 1.81 bits per heavy atom. The van der Waals surface area contributed by atoms with Gasteiger partial charge in [0.05, 0.1) is 33.9 Å². The third-order valence-electron chi connectivity index (χ3n) is 3.32. The van der Waals surface area contributed by atoms with Crippen molar-refractivity contribution in [3.8, 4) is 0 Å². The Labute approximate surface area is 158 Å². The monoisotopic (exact) mass is 392 g/mol. The molecule has 140 valence electrons. The maximum atomic E-state index is 12.0.